The number of nitrogens with zero attached hydrogens (tertiary/aromatic N) is 3. The molecule has 2 saturated heterocycles. The van der Waals surface area contributed by atoms with E-state index in [2.05, 4.69) is 47.5 Å². The molecule has 0 aliphatic carbocycles. The summed E-state index contributed by atoms with van der Waals surface area (Å²) < 4.78 is 0. The molecular weight excluding hydrogens is 1250 g/mol. The van der Waals surface area contributed by atoms with Gasteiger partial charge in [0.1, 0.15) is 54.4 Å². The highest BCUT2D eigenvalue weighted by molar-refractivity contribution is 7.98. The Bertz CT molecular complexity index is 2960. The third-order valence-electron chi connectivity index (χ3n) is 16.0. The van der Waals surface area contributed by atoms with E-state index in [0.29, 0.717) is 55.4 Å². The zero-order valence-corrected chi connectivity index (χ0v) is 55.2. The van der Waals surface area contributed by atoms with Gasteiger partial charge in [0, 0.05) is 45.3 Å². The summed E-state index contributed by atoms with van der Waals surface area (Å²) in [6.45, 7) is 3.78. The summed E-state index contributed by atoms with van der Waals surface area (Å²) in [7, 11) is 0. The minimum absolute atomic E-state index is 0.0706. The van der Waals surface area contributed by atoms with Crippen LogP contribution in [0.25, 0.3) is 0 Å². The van der Waals surface area contributed by atoms with Gasteiger partial charge in [-0.1, -0.05) is 74.5 Å². The average Bonchev–Trinajstić information content (AvgIpc) is 1.74. The number of benzene rings is 2. The van der Waals surface area contributed by atoms with E-state index < -0.39 is 170 Å². The zero-order valence-electron chi connectivity index (χ0n) is 54.4. The number of carboxylic acid groups (broad SMARTS) is 1. The van der Waals surface area contributed by atoms with Gasteiger partial charge in [0.25, 0.3) is 0 Å². The van der Waals surface area contributed by atoms with Crippen molar-refractivity contribution >= 4 is 94.6 Å². The molecule has 4 rings (SSSR count). The third-order valence-corrected chi connectivity index (χ3v) is 16.6. The van der Waals surface area contributed by atoms with Crippen LogP contribution in [0.4, 0.5) is 0 Å². The van der Waals surface area contributed by atoms with E-state index in [4.69, 9.17) is 34.4 Å². The van der Waals surface area contributed by atoms with Crippen LogP contribution in [0, 0.1) is 5.92 Å². The van der Waals surface area contributed by atoms with Gasteiger partial charge in [-0.05, 0) is 119 Å². The molecule has 0 bridgehead atoms. The Balaban J connectivity index is 1.56. The fourth-order valence-electron chi connectivity index (χ4n) is 11.0. The van der Waals surface area contributed by atoms with Crippen molar-refractivity contribution in [3.8, 4) is 0 Å². The first-order valence-corrected chi connectivity index (χ1v) is 33.5. The Labute approximate surface area is 557 Å². The van der Waals surface area contributed by atoms with Gasteiger partial charge in [0.15, 0.2) is 5.96 Å². The lowest BCUT2D eigenvalue weighted by molar-refractivity contribution is -0.144. The molecule has 21 N–H and O–H groups in total. The lowest BCUT2D eigenvalue weighted by atomic mass is 10.0. The summed E-state index contributed by atoms with van der Waals surface area (Å²) in [6.07, 6.45) is 2.86. The van der Waals surface area contributed by atoms with Crippen molar-refractivity contribution in [2.24, 2.45) is 45.3 Å². The molecule has 2 aromatic rings. The van der Waals surface area contributed by atoms with Crippen molar-refractivity contribution in [3.05, 3.63) is 71.8 Å². The molecule has 0 radical (unpaired) electrons. The highest BCUT2D eigenvalue weighted by Crippen LogP contribution is 2.24. The molecule has 31 nitrogen and oxygen atoms in total. The van der Waals surface area contributed by atoms with Crippen molar-refractivity contribution in [1.82, 2.24) is 52.3 Å². The number of carbonyl (C=O) groups is 13. The van der Waals surface area contributed by atoms with Crippen LogP contribution in [-0.4, -0.2) is 203 Å². The number of thioether (sulfide) groups is 1. The number of carboxylic acids is 1. The number of hydrogen-bond acceptors (Lipinski definition) is 17. The highest BCUT2D eigenvalue weighted by atomic mass is 32.2. The maximum atomic E-state index is 14.7. The van der Waals surface area contributed by atoms with Crippen molar-refractivity contribution in [2.75, 3.05) is 44.7 Å². The first-order valence-electron chi connectivity index (χ1n) is 32.1. The molecule has 524 valence electrons. The van der Waals surface area contributed by atoms with E-state index in [9.17, 15) is 67.4 Å². The molecule has 2 heterocycles. The topological polar surface area (TPSA) is 513 Å². The number of likely N-dealkylation sites (tertiary alicyclic amines) is 2. The van der Waals surface area contributed by atoms with Crippen LogP contribution in [0.3, 0.4) is 0 Å². The summed E-state index contributed by atoms with van der Waals surface area (Å²) in [4.78, 5) is 184. The summed E-state index contributed by atoms with van der Waals surface area (Å²) in [5.74, 6) is -10.6. The number of rotatable bonds is 42. The molecule has 10 atom stereocenters. The highest BCUT2D eigenvalue weighted by Gasteiger charge is 2.42. The SMILES string of the molecule is CSCC[C@H](NC(=O)[C@@H](CC(C)C)NC(=O)CNC(=O)[C@H](Cc1ccccc1)NC(=O)[C@@H](Cc1ccccc1)NC(=O)[C@H](CCC(N)=O)NC(=O)[C@H](CCC(N)=O)NC(=O)[C@@H]1CCCN1C(=O)[C@H](CCCCN)NC(=O)[C@@H]1CCCN1C(=O)[C@@H](N)CCCN=C(N)N)C(=O)O. The van der Waals surface area contributed by atoms with Gasteiger partial charge in [-0.3, -0.25) is 62.5 Å². The van der Waals surface area contributed by atoms with Crippen LogP contribution in [0.2, 0.25) is 0 Å². The fourth-order valence-corrected chi connectivity index (χ4v) is 11.5. The average molecular weight is 1350 g/mol. The Morgan fingerprint density at radius 1 is 0.558 bits per heavy atom. The number of carbonyl (C=O) groups excluding carboxylic acids is 12. The number of unbranched alkanes of at least 4 members (excludes halogenated alkanes) is 1. The predicted octanol–water partition coefficient (Wildman–Crippen LogP) is -3.11. The number of nitrogens with one attached hydrogen (secondary N) is 8. The zero-order chi connectivity index (χ0) is 70.1. The number of guanidine groups is 1. The number of amides is 12. The quantitative estimate of drug-likeness (QED) is 0.0178. The smallest absolute Gasteiger partial charge is 0.326 e. The van der Waals surface area contributed by atoms with Crippen molar-refractivity contribution < 1.29 is 67.4 Å². The van der Waals surface area contributed by atoms with E-state index in [1.54, 1.807) is 80.8 Å². The monoisotopic (exact) mass is 1350 g/mol. The van der Waals surface area contributed by atoms with Gasteiger partial charge in [-0.2, -0.15) is 11.8 Å². The second kappa shape index (κ2) is 41.0. The Hall–Kier alpha value is -8.91. The summed E-state index contributed by atoms with van der Waals surface area (Å²) in [6, 6.07) is 4.12. The molecule has 0 unspecified atom stereocenters. The second-order valence-corrected chi connectivity index (χ2v) is 25.0. The second-order valence-electron chi connectivity index (χ2n) is 24.1. The number of aliphatic carboxylic acids is 1. The predicted molar refractivity (Wildman–Crippen MR) is 354 cm³/mol. The van der Waals surface area contributed by atoms with Crippen LogP contribution >= 0.6 is 11.8 Å². The maximum absolute atomic E-state index is 14.7. The number of aliphatic imine (C=N–C) groups is 1. The molecule has 95 heavy (non-hydrogen) atoms. The van der Waals surface area contributed by atoms with Crippen molar-refractivity contribution in [3.63, 3.8) is 0 Å². The summed E-state index contributed by atoms with van der Waals surface area (Å²) in [5, 5.41) is 30.6. The summed E-state index contributed by atoms with van der Waals surface area (Å²) in [5.41, 5.74) is 35.0. The van der Waals surface area contributed by atoms with E-state index >= 15 is 0 Å². The van der Waals surface area contributed by atoms with Crippen molar-refractivity contribution in [2.45, 2.75) is 183 Å². The van der Waals surface area contributed by atoms with Gasteiger partial charge >= 0.3 is 5.97 Å². The Morgan fingerprint density at radius 3 is 1.53 bits per heavy atom. The fraction of sp³-hybridized carbons (Fsp3) is 0.587. The van der Waals surface area contributed by atoms with E-state index in [1.807, 2.05) is 0 Å². The minimum Gasteiger partial charge on any atom is -0.480 e. The first kappa shape index (κ1) is 78.5. The number of primary amides is 2. The lowest BCUT2D eigenvalue weighted by Crippen LogP contribution is -2.60. The molecule has 2 fully saturated rings. The Kier molecular flexibility index (Phi) is 33.9. The molecular formula is C63H97N17O14S. The molecule has 32 heteroatoms. The van der Waals surface area contributed by atoms with E-state index in [-0.39, 0.29) is 83.0 Å². The molecule has 2 aromatic carbocycles. The normalized spacial score (nSPS) is 16.8. The lowest BCUT2D eigenvalue weighted by Gasteiger charge is -2.32. The largest absolute Gasteiger partial charge is 0.480 e. The van der Waals surface area contributed by atoms with Gasteiger partial charge < -0.3 is 91.8 Å². The van der Waals surface area contributed by atoms with Crippen LogP contribution in [0.5, 0.6) is 0 Å². The van der Waals surface area contributed by atoms with Gasteiger partial charge in [-0.15, -0.1) is 0 Å². The van der Waals surface area contributed by atoms with Gasteiger partial charge in [0.05, 0.1) is 12.6 Å². The van der Waals surface area contributed by atoms with Crippen LogP contribution in [0.1, 0.15) is 121 Å². The van der Waals surface area contributed by atoms with Gasteiger partial charge in [0.2, 0.25) is 70.9 Å². The number of nitrogens with two attached hydrogens (primary N) is 6. The van der Waals surface area contributed by atoms with Crippen LogP contribution < -0.4 is 76.9 Å². The summed E-state index contributed by atoms with van der Waals surface area (Å²) >= 11 is 1.40. The maximum Gasteiger partial charge on any atom is 0.326 e. The molecule has 2 aliphatic heterocycles. The van der Waals surface area contributed by atoms with E-state index in [0.717, 1.165) is 0 Å². The number of hydrogen-bond donors (Lipinski definition) is 15. The van der Waals surface area contributed by atoms with Crippen molar-refractivity contribution in [1.29, 1.82) is 0 Å². The molecule has 12 amide bonds. The molecule has 0 aromatic heterocycles. The minimum atomic E-state index is -1.65. The Morgan fingerprint density at radius 2 is 1.03 bits per heavy atom. The van der Waals surface area contributed by atoms with Crippen LogP contribution in [0.15, 0.2) is 65.7 Å². The molecule has 2 aliphatic rings. The third kappa shape index (κ3) is 27.5. The van der Waals surface area contributed by atoms with Crippen LogP contribution in [-0.2, 0) is 75.2 Å². The van der Waals surface area contributed by atoms with Gasteiger partial charge in [-0.25, -0.2) is 4.79 Å². The van der Waals surface area contributed by atoms with E-state index in [1.165, 1.54) is 21.6 Å². The standard InChI is InChI=1S/C63H97N17O14S/c1-37(2)33-45(56(87)76-44(62(93)94)27-32-95-3)72-52(83)36-71-53(84)46(34-38-15-6-4-7-16-38)77-57(88)47(35-39-17-8-5-9-18-39)78-55(86)41(23-25-50(66)81)73-54(85)42(24-26-51(67)82)74-58(89)49-22-14-31-80(49)61(92)43(20-10-11-28-64)75-59(90)48-21-13-30-79(48)60(91)40(65)19-12-29-70-63(68)69/h4-9,15-18,37,40-49H,10-14,19-36,64-65H2,1-3H3,(H2,66,81)(H2,67,82)(H,71,84)(H,72,83)(H,73,85)(H,74,89)(H,75,90)(H,76,87)(H,77,88)(H,78,86)(H,93,94)(H4,68,69,70)/t40-,41-,42-,43-,44-,45+,46-,47+,48-,49-/m0/s1. The molecule has 0 saturated carbocycles. The first-order chi connectivity index (χ1) is 45.2. The molecule has 0 spiro atoms.